The summed E-state index contributed by atoms with van der Waals surface area (Å²) in [4.78, 5) is 26.8. The average molecular weight is 392 g/mol. The van der Waals surface area contributed by atoms with Crippen molar-refractivity contribution in [2.75, 3.05) is 13.1 Å². The minimum absolute atomic E-state index is 0.0740. The van der Waals surface area contributed by atoms with Crippen LogP contribution in [-0.2, 0) is 13.1 Å². The molecule has 6 heteroatoms. The van der Waals surface area contributed by atoms with Gasteiger partial charge in [-0.15, -0.1) is 0 Å². The molecule has 1 fully saturated rings. The fourth-order valence-corrected chi connectivity index (χ4v) is 5.05. The molecule has 2 atom stereocenters. The van der Waals surface area contributed by atoms with Gasteiger partial charge in [0.05, 0.1) is 5.56 Å². The molecule has 2 unspecified atom stereocenters. The molecule has 29 heavy (non-hydrogen) atoms. The summed E-state index contributed by atoms with van der Waals surface area (Å²) in [5, 5.41) is 11.4. The number of nitrogens with zero attached hydrogens (tertiary/aromatic N) is 2. The SMILES string of the molecule is Cc1c(C)c2ccc(O)c(CN3CC4CC(C3)c3cccc(=O)n3C4)c2oc1=O. The molecule has 3 aromatic rings. The van der Waals surface area contributed by atoms with Gasteiger partial charge >= 0.3 is 5.63 Å². The third-order valence-corrected chi connectivity index (χ3v) is 6.64. The Morgan fingerprint density at radius 3 is 2.72 bits per heavy atom. The standard InChI is InChI=1S/C23H24N2O4/c1-13-14(2)23(28)29-22-17(13)6-7-20(26)18(22)12-24-9-15-8-16(11-24)19-4-3-5-21(27)25(19)10-15/h3-7,15-16,26H,8-12H2,1-2H3. The molecule has 2 aromatic heterocycles. The zero-order valence-corrected chi connectivity index (χ0v) is 16.6. The van der Waals surface area contributed by atoms with Crippen LogP contribution in [0.25, 0.3) is 11.0 Å². The van der Waals surface area contributed by atoms with Gasteiger partial charge in [0.15, 0.2) is 0 Å². The Labute approximate surface area is 168 Å². The van der Waals surface area contributed by atoms with Crippen molar-refractivity contribution >= 4 is 11.0 Å². The predicted octanol–water partition coefficient (Wildman–Crippen LogP) is 2.90. The lowest BCUT2D eigenvalue weighted by molar-refractivity contribution is 0.113. The molecule has 2 bridgehead atoms. The van der Waals surface area contributed by atoms with Crippen LogP contribution in [0.2, 0.25) is 0 Å². The Morgan fingerprint density at radius 1 is 1.07 bits per heavy atom. The quantitative estimate of drug-likeness (QED) is 0.679. The van der Waals surface area contributed by atoms with Crippen LogP contribution < -0.4 is 11.2 Å². The van der Waals surface area contributed by atoms with E-state index >= 15 is 0 Å². The number of piperidine rings is 1. The number of benzene rings is 1. The second-order valence-electron chi connectivity index (χ2n) is 8.47. The molecule has 0 saturated carbocycles. The average Bonchev–Trinajstić information content (AvgIpc) is 2.69. The summed E-state index contributed by atoms with van der Waals surface area (Å²) in [6.07, 6.45) is 1.08. The minimum atomic E-state index is -0.356. The number of fused-ring (bicyclic) bond motifs is 5. The molecular weight excluding hydrogens is 368 g/mol. The van der Waals surface area contributed by atoms with Gasteiger partial charge in [0.2, 0.25) is 0 Å². The Bertz CT molecular complexity index is 1240. The third kappa shape index (κ3) is 2.90. The van der Waals surface area contributed by atoms with Crippen LogP contribution in [0.1, 0.15) is 34.7 Å². The van der Waals surface area contributed by atoms with E-state index in [1.54, 1.807) is 19.1 Å². The molecule has 0 amide bonds. The second-order valence-corrected chi connectivity index (χ2v) is 8.47. The summed E-state index contributed by atoms with van der Waals surface area (Å²) >= 11 is 0. The lowest BCUT2D eigenvalue weighted by atomic mass is 9.83. The van der Waals surface area contributed by atoms with Crippen LogP contribution in [-0.4, -0.2) is 27.7 Å². The Morgan fingerprint density at radius 2 is 1.90 bits per heavy atom. The summed E-state index contributed by atoms with van der Waals surface area (Å²) in [5.74, 6) is 0.843. The topological polar surface area (TPSA) is 75.7 Å². The van der Waals surface area contributed by atoms with Crippen molar-refractivity contribution in [2.24, 2.45) is 5.92 Å². The number of pyridine rings is 1. The lowest BCUT2D eigenvalue weighted by Gasteiger charge is -2.42. The van der Waals surface area contributed by atoms with Crippen LogP contribution in [0.4, 0.5) is 0 Å². The van der Waals surface area contributed by atoms with Crippen molar-refractivity contribution in [3.63, 3.8) is 0 Å². The second kappa shape index (κ2) is 6.59. The molecule has 150 valence electrons. The van der Waals surface area contributed by atoms with E-state index < -0.39 is 0 Å². The first-order valence-corrected chi connectivity index (χ1v) is 10.1. The summed E-state index contributed by atoms with van der Waals surface area (Å²) in [5.41, 5.74) is 3.44. The van der Waals surface area contributed by atoms with Crippen LogP contribution >= 0.6 is 0 Å². The van der Waals surface area contributed by atoms with Crippen LogP contribution in [0.5, 0.6) is 5.75 Å². The summed E-state index contributed by atoms with van der Waals surface area (Å²) in [7, 11) is 0. The van der Waals surface area contributed by atoms with E-state index in [4.69, 9.17) is 4.42 Å². The molecule has 1 aromatic carbocycles. The summed E-state index contributed by atoms with van der Waals surface area (Å²) in [6.45, 7) is 6.58. The first-order chi connectivity index (χ1) is 13.9. The smallest absolute Gasteiger partial charge is 0.339 e. The zero-order valence-electron chi connectivity index (χ0n) is 16.6. The molecule has 0 spiro atoms. The van der Waals surface area contributed by atoms with E-state index in [9.17, 15) is 14.7 Å². The van der Waals surface area contributed by atoms with Gasteiger partial charge in [0, 0.05) is 54.8 Å². The Balaban J connectivity index is 1.52. The molecular formula is C23H24N2O4. The molecule has 1 N–H and O–H groups in total. The fourth-order valence-electron chi connectivity index (χ4n) is 5.05. The summed E-state index contributed by atoms with van der Waals surface area (Å²) < 4.78 is 7.52. The summed E-state index contributed by atoms with van der Waals surface area (Å²) in [6, 6.07) is 9.01. The number of hydrogen-bond acceptors (Lipinski definition) is 5. The molecule has 2 aliphatic rings. The minimum Gasteiger partial charge on any atom is -0.507 e. The van der Waals surface area contributed by atoms with Gasteiger partial charge in [-0.25, -0.2) is 4.79 Å². The highest BCUT2D eigenvalue weighted by atomic mass is 16.4. The van der Waals surface area contributed by atoms with Crippen LogP contribution in [0.15, 0.2) is 44.3 Å². The highest BCUT2D eigenvalue weighted by Gasteiger charge is 2.35. The van der Waals surface area contributed by atoms with Gasteiger partial charge in [-0.05, 0) is 49.9 Å². The molecule has 4 heterocycles. The van der Waals surface area contributed by atoms with Crippen molar-refractivity contribution in [1.29, 1.82) is 0 Å². The van der Waals surface area contributed by atoms with Crippen LogP contribution in [0.3, 0.4) is 0 Å². The van der Waals surface area contributed by atoms with Gasteiger partial charge in [-0.3, -0.25) is 9.69 Å². The van der Waals surface area contributed by atoms with Crippen molar-refractivity contribution in [3.05, 3.63) is 73.5 Å². The number of aromatic hydroxyl groups is 1. The predicted molar refractivity (Wildman–Crippen MR) is 110 cm³/mol. The van der Waals surface area contributed by atoms with Gasteiger partial charge in [0.25, 0.3) is 5.56 Å². The fraction of sp³-hybridized carbons (Fsp3) is 0.391. The molecule has 2 aliphatic heterocycles. The van der Waals surface area contributed by atoms with E-state index in [0.717, 1.165) is 42.7 Å². The number of phenolic OH excluding ortho intramolecular Hbond substituents is 1. The van der Waals surface area contributed by atoms with Gasteiger partial charge in [-0.2, -0.15) is 0 Å². The molecule has 0 radical (unpaired) electrons. The molecule has 1 saturated heterocycles. The van der Waals surface area contributed by atoms with E-state index in [2.05, 4.69) is 4.90 Å². The number of likely N-dealkylation sites (tertiary alicyclic amines) is 1. The number of aryl methyl sites for hydroxylation is 1. The van der Waals surface area contributed by atoms with Crippen molar-refractivity contribution < 1.29 is 9.52 Å². The van der Waals surface area contributed by atoms with Crippen molar-refractivity contribution in [3.8, 4) is 5.75 Å². The maximum Gasteiger partial charge on any atom is 0.339 e. The maximum absolute atomic E-state index is 12.2. The zero-order chi connectivity index (χ0) is 20.3. The highest BCUT2D eigenvalue weighted by Crippen LogP contribution is 2.37. The number of hydrogen-bond donors (Lipinski definition) is 1. The molecule has 5 rings (SSSR count). The molecule has 6 nitrogen and oxygen atoms in total. The van der Waals surface area contributed by atoms with E-state index in [1.807, 2.05) is 29.7 Å². The Hall–Kier alpha value is -2.86. The lowest BCUT2D eigenvalue weighted by Crippen LogP contribution is -2.46. The van der Waals surface area contributed by atoms with E-state index in [1.165, 1.54) is 0 Å². The van der Waals surface area contributed by atoms with Gasteiger partial charge in [-0.1, -0.05) is 6.07 Å². The highest BCUT2D eigenvalue weighted by molar-refractivity contribution is 5.85. The molecule has 0 aliphatic carbocycles. The maximum atomic E-state index is 12.2. The van der Waals surface area contributed by atoms with E-state index in [0.29, 0.717) is 35.1 Å². The first kappa shape index (κ1) is 18.2. The number of rotatable bonds is 2. The number of aromatic nitrogens is 1. The largest absolute Gasteiger partial charge is 0.507 e. The number of phenols is 1. The van der Waals surface area contributed by atoms with Gasteiger partial charge < -0.3 is 14.1 Å². The monoisotopic (exact) mass is 392 g/mol. The normalized spacial score (nSPS) is 21.3. The first-order valence-electron chi connectivity index (χ1n) is 10.1. The van der Waals surface area contributed by atoms with Crippen LogP contribution in [0, 0.1) is 19.8 Å². The third-order valence-electron chi connectivity index (χ3n) is 6.64. The van der Waals surface area contributed by atoms with Crippen molar-refractivity contribution in [2.45, 2.75) is 39.3 Å². The van der Waals surface area contributed by atoms with Crippen molar-refractivity contribution in [1.82, 2.24) is 9.47 Å². The Kier molecular flexibility index (Phi) is 4.13. The van der Waals surface area contributed by atoms with E-state index in [-0.39, 0.29) is 16.9 Å². The van der Waals surface area contributed by atoms with Gasteiger partial charge in [0.1, 0.15) is 11.3 Å².